The van der Waals surface area contributed by atoms with Crippen molar-refractivity contribution >= 4 is 24.2 Å². The van der Waals surface area contributed by atoms with E-state index < -0.39 is 0 Å². The molecule has 0 aromatic rings. The first kappa shape index (κ1) is 18.2. The van der Waals surface area contributed by atoms with Gasteiger partial charge in [0.15, 0.2) is 0 Å². The predicted octanol–water partition coefficient (Wildman–Crippen LogP) is 0.686. The zero-order valence-corrected chi connectivity index (χ0v) is 12.6. The number of nitrogens with one attached hydrogen (secondary N) is 3. The van der Waals surface area contributed by atoms with Crippen LogP contribution in [0.5, 0.6) is 0 Å². The number of amides is 2. The predicted molar refractivity (Wildman–Crippen MR) is 78.3 cm³/mol. The van der Waals surface area contributed by atoms with Crippen LogP contribution in [0.1, 0.15) is 32.6 Å². The van der Waals surface area contributed by atoms with E-state index in [1.807, 2.05) is 0 Å². The van der Waals surface area contributed by atoms with Crippen molar-refractivity contribution in [2.45, 2.75) is 32.6 Å². The minimum atomic E-state index is -0.0418. The lowest BCUT2D eigenvalue weighted by Gasteiger charge is -2.28. The van der Waals surface area contributed by atoms with Gasteiger partial charge in [0.05, 0.1) is 0 Å². The van der Waals surface area contributed by atoms with E-state index in [9.17, 15) is 9.59 Å². The molecule has 1 heterocycles. The molecule has 1 saturated heterocycles. The molecule has 0 bridgehead atoms. The minimum absolute atomic E-state index is 0. The maximum Gasteiger partial charge on any atom is 0.221 e. The average Bonchev–Trinajstić information content (AvgIpc) is 2.39. The molecule has 0 aromatic carbocycles. The van der Waals surface area contributed by atoms with Gasteiger partial charge in [0.2, 0.25) is 11.8 Å². The maximum absolute atomic E-state index is 11.7. The standard InChI is InChI=1S/C13H25N3O2.ClH/c1-10(11-4-3-6-15-9-11)8-13(18)16-7-5-12(17)14-2;/h10-11,15H,3-9H2,1-2H3,(H,14,17)(H,16,18);1H. The van der Waals surface area contributed by atoms with E-state index in [-0.39, 0.29) is 24.2 Å². The lowest BCUT2D eigenvalue weighted by Crippen LogP contribution is -2.36. The molecule has 0 radical (unpaired) electrons. The number of rotatable bonds is 6. The van der Waals surface area contributed by atoms with Crippen LogP contribution in [-0.4, -0.2) is 38.5 Å². The number of piperidine rings is 1. The Bertz CT molecular complexity index is 281. The third-order valence-electron chi connectivity index (χ3n) is 3.60. The number of carbonyl (C=O) groups excluding carboxylic acids is 2. The Morgan fingerprint density at radius 3 is 2.68 bits per heavy atom. The Labute approximate surface area is 121 Å². The van der Waals surface area contributed by atoms with Gasteiger partial charge < -0.3 is 16.0 Å². The van der Waals surface area contributed by atoms with Gasteiger partial charge >= 0.3 is 0 Å². The lowest BCUT2D eigenvalue weighted by molar-refractivity contribution is -0.123. The molecular weight excluding hydrogens is 266 g/mol. The second-order valence-corrected chi connectivity index (χ2v) is 5.06. The second kappa shape index (κ2) is 10.0. The first-order valence-electron chi connectivity index (χ1n) is 6.81. The van der Waals surface area contributed by atoms with Gasteiger partial charge in [-0.25, -0.2) is 0 Å². The summed E-state index contributed by atoms with van der Waals surface area (Å²) in [7, 11) is 1.60. The van der Waals surface area contributed by atoms with Gasteiger partial charge in [-0.05, 0) is 37.8 Å². The fourth-order valence-electron chi connectivity index (χ4n) is 2.34. The third kappa shape index (κ3) is 7.38. The number of hydrogen-bond acceptors (Lipinski definition) is 3. The highest BCUT2D eigenvalue weighted by Gasteiger charge is 2.21. The summed E-state index contributed by atoms with van der Waals surface area (Å²) in [5, 5.41) is 8.70. The van der Waals surface area contributed by atoms with Crippen LogP contribution < -0.4 is 16.0 Å². The van der Waals surface area contributed by atoms with E-state index in [4.69, 9.17) is 0 Å². The van der Waals surface area contributed by atoms with Gasteiger partial charge in [-0.2, -0.15) is 0 Å². The molecule has 2 atom stereocenters. The van der Waals surface area contributed by atoms with Crippen molar-refractivity contribution in [2.24, 2.45) is 11.8 Å². The fraction of sp³-hybridized carbons (Fsp3) is 0.846. The highest BCUT2D eigenvalue weighted by Crippen LogP contribution is 2.22. The summed E-state index contributed by atoms with van der Waals surface area (Å²) < 4.78 is 0. The molecule has 1 rings (SSSR count). The quantitative estimate of drug-likeness (QED) is 0.674. The molecule has 5 nitrogen and oxygen atoms in total. The average molecular weight is 292 g/mol. The maximum atomic E-state index is 11.7. The number of halogens is 1. The second-order valence-electron chi connectivity index (χ2n) is 5.06. The van der Waals surface area contributed by atoms with Crippen LogP contribution in [-0.2, 0) is 9.59 Å². The van der Waals surface area contributed by atoms with Crippen LogP contribution >= 0.6 is 12.4 Å². The molecule has 0 saturated carbocycles. The molecule has 2 unspecified atom stereocenters. The highest BCUT2D eigenvalue weighted by atomic mass is 35.5. The molecule has 1 aliphatic rings. The van der Waals surface area contributed by atoms with E-state index in [2.05, 4.69) is 22.9 Å². The number of carbonyl (C=O) groups is 2. The monoisotopic (exact) mass is 291 g/mol. The molecule has 112 valence electrons. The van der Waals surface area contributed by atoms with E-state index in [1.54, 1.807) is 7.05 Å². The summed E-state index contributed by atoms with van der Waals surface area (Å²) in [6, 6.07) is 0. The zero-order valence-electron chi connectivity index (χ0n) is 11.8. The van der Waals surface area contributed by atoms with Gasteiger partial charge in [-0.15, -0.1) is 12.4 Å². The van der Waals surface area contributed by atoms with Crippen LogP contribution in [0.15, 0.2) is 0 Å². The normalized spacial score (nSPS) is 20.0. The van der Waals surface area contributed by atoms with Gasteiger partial charge in [-0.3, -0.25) is 9.59 Å². The van der Waals surface area contributed by atoms with E-state index in [0.717, 1.165) is 13.1 Å². The van der Waals surface area contributed by atoms with Crippen LogP contribution in [0.25, 0.3) is 0 Å². The summed E-state index contributed by atoms with van der Waals surface area (Å²) in [5.41, 5.74) is 0. The van der Waals surface area contributed by atoms with E-state index >= 15 is 0 Å². The largest absolute Gasteiger partial charge is 0.359 e. The summed E-state index contributed by atoms with van der Waals surface area (Å²) in [6.45, 7) is 4.68. The minimum Gasteiger partial charge on any atom is -0.359 e. The molecule has 0 spiro atoms. The van der Waals surface area contributed by atoms with E-state index in [1.165, 1.54) is 12.8 Å². The highest BCUT2D eigenvalue weighted by molar-refractivity contribution is 5.85. The smallest absolute Gasteiger partial charge is 0.221 e. The molecule has 2 amide bonds. The van der Waals surface area contributed by atoms with Crippen LogP contribution in [0.4, 0.5) is 0 Å². The van der Waals surface area contributed by atoms with Crippen molar-refractivity contribution in [3.05, 3.63) is 0 Å². The first-order valence-corrected chi connectivity index (χ1v) is 6.81. The molecule has 3 N–H and O–H groups in total. The summed E-state index contributed by atoms with van der Waals surface area (Å²) in [6.07, 6.45) is 3.31. The van der Waals surface area contributed by atoms with Gasteiger partial charge in [0, 0.05) is 26.4 Å². The van der Waals surface area contributed by atoms with Crippen molar-refractivity contribution in [3.8, 4) is 0 Å². The van der Waals surface area contributed by atoms with Crippen LogP contribution in [0, 0.1) is 11.8 Å². The van der Waals surface area contributed by atoms with E-state index in [0.29, 0.717) is 31.2 Å². The summed E-state index contributed by atoms with van der Waals surface area (Å²) in [5.74, 6) is 1.01. The molecule has 1 aliphatic heterocycles. The Hall–Kier alpha value is -0.810. The Morgan fingerprint density at radius 1 is 1.37 bits per heavy atom. The fourth-order valence-corrected chi connectivity index (χ4v) is 2.34. The Morgan fingerprint density at radius 2 is 2.11 bits per heavy atom. The molecule has 6 heteroatoms. The topological polar surface area (TPSA) is 70.2 Å². The van der Waals surface area contributed by atoms with Crippen molar-refractivity contribution in [2.75, 3.05) is 26.7 Å². The van der Waals surface area contributed by atoms with Crippen LogP contribution in [0.2, 0.25) is 0 Å². The van der Waals surface area contributed by atoms with Crippen molar-refractivity contribution < 1.29 is 9.59 Å². The van der Waals surface area contributed by atoms with Crippen molar-refractivity contribution in [1.82, 2.24) is 16.0 Å². The molecular formula is C13H26ClN3O2. The molecule has 19 heavy (non-hydrogen) atoms. The Kier molecular flexibility index (Phi) is 9.61. The first-order chi connectivity index (χ1) is 8.63. The molecule has 1 fully saturated rings. The molecule has 0 aliphatic carbocycles. The van der Waals surface area contributed by atoms with Gasteiger partial charge in [-0.1, -0.05) is 6.92 Å². The molecule has 0 aromatic heterocycles. The SMILES string of the molecule is CNC(=O)CCNC(=O)CC(C)C1CCCNC1.Cl. The van der Waals surface area contributed by atoms with Crippen LogP contribution in [0.3, 0.4) is 0 Å². The lowest BCUT2D eigenvalue weighted by atomic mass is 9.85. The third-order valence-corrected chi connectivity index (χ3v) is 3.60. The van der Waals surface area contributed by atoms with Gasteiger partial charge in [0.1, 0.15) is 0 Å². The van der Waals surface area contributed by atoms with Crippen molar-refractivity contribution in [1.29, 1.82) is 0 Å². The summed E-state index contributed by atoms with van der Waals surface area (Å²) >= 11 is 0. The summed E-state index contributed by atoms with van der Waals surface area (Å²) in [4.78, 5) is 22.7. The number of hydrogen-bond donors (Lipinski definition) is 3. The Balaban J connectivity index is 0.00000324. The zero-order chi connectivity index (χ0) is 13.4. The van der Waals surface area contributed by atoms with Gasteiger partial charge in [0.25, 0.3) is 0 Å². The van der Waals surface area contributed by atoms with Crippen molar-refractivity contribution in [3.63, 3.8) is 0 Å².